The van der Waals surface area contributed by atoms with Gasteiger partial charge in [0.05, 0.1) is 24.2 Å². The van der Waals surface area contributed by atoms with E-state index in [0.717, 1.165) is 11.3 Å². The molecule has 0 fully saturated rings. The van der Waals surface area contributed by atoms with E-state index in [1.165, 1.54) is 7.11 Å². The number of hydrogen-bond donors (Lipinski definition) is 0. The first kappa shape index (κ1) is 9.99. The van der Waals surface area contributed by atoms with Crippen LogP contribution in [0.25, 0.3) is 0 Å². The first-order valence-electron chi connectivity index (χ1n) is 3.82. The lowest BCUT2D eigenvalue weighted by Crippen LogP contribution is -2.05. The number of ether oxygens (including phenoxy) is 1. The van der Waals surface area contributed by atoms with Crippen molar-refractivity contribution in [3.05, 3.63) is 28.5 Å². The maximum atomic E-state index is 10.9. The molecule has 0 radical (unpaired) electrons. The van der Waals surface area contributed by atoms with E-state index in [-0.39, 0.29) is 12.4 Å². The van der Waals surface area contributed by atoms with Crippen LogP contribution in [-0.4, -0.2) is 18.1 Å². The Bertz CT molecular complexity index is 325. The summed E-state index contributed by atoms with van der Waals surface area (Å²) >= 11 is 5.92. The van der Waals surface area contributed by atoms with Gasteiger partial charge in [-0.25, -0.2) is 0 Å². The molecule has 0 aliphatic heterocycles. The highest BCUT2D eigenvalue weighted by atomic mass is 35.5. The minimum Gasteiger partial charge on any atom is -0.469 e. The van der Waals surface area contributed by atoms with Gasteiger partial charge in [0.25, 0.3) is 0 Å². The Morgan fingerprint density at radius 2 is 2.38 bits per heavy atom. The van der Waals surface area contributed by atoms with Gasteiger partial charge in [-0.05, 0) is 18.6 Å². The molecule has 4 heteroatoms. The second kappa shape index (κ2) is 4.23. The number of halogens is 1. The van der Waals surface area contributed by atoms with Crippen LogP contribution in [0.2, 0.25) is 5.02 Å². The number of pyridine rings is 1. The molecule has 1 aromatic heterocycles. The van der Waals surface area contributed by atoms with Crippen LogP contribution in [0.1, 0.15) is 11.3 Å². The molecule has 3 nitrogen and oxygen atoms in total. The minimum absolute atomic E-state index is 0.193. The Morgan fingerprint density at radius 1 is 1.69 bits per heavy atom. The standard InChI is InChI=1S/C9H10ClNO2/c1-6-9(10)7(3-4-11-6)5-8(12)13-2/h3-4H,5H2,1-2H3. The fourth-order valence-electron chi connectivity index (χ4n) is 0.965. The Labute approximate surface area is 81.7 Å². The Balaban J connectivity index is 2.89. The third-order valence-corrected chi connectivity index (χ3v) is 2.22. The van der Waals surface area contributed by atoms with E-state index >= 15 is 0 Å². The molecule has 1 aromatic rings. The summed E-state index contributed by atoms with van der Waals surface area (Å²) in [5.41, 5.74) is 1.48. The first-order chi connectivity index (χ1) is 6.15. The summed E-state index contributed by atoms with van der Waals surface area (Å²) in [6.07, 6.45) is 1.82. The van der Waals surface area contributed by atoms with Gasteiger partial charge in [0.1, 0.15) is 0 Å². The van der Waals surface area contributed by atoms with Crippen molar-refractivity contribution in [1.29, 1.82) is 0 Å². The average molecular weight is 200 g/mol. The van der Waals surface area contributed by atoms with Gasteiger partial charge in [-0.2, -0.15) is 0 Å². The van der Waals surface area contributed by atoms with E-state index in [2.05, 4.69) is 9.72 Å². The lowest BCUT2D eigenvalue weighted by molar-refractivity contribution is -0.139. The second-order valence-corrected chi connectivity index (χ2v) is 3.00. The van der Waals surface area contributed by atoms with Gasteiger partial charge >= 0.3 is 5.97 Å². The van der Waals surface area contributed by atoms with Crippen LogP contribution in [0.5, 0.6) is 0 Å². The molecule has 13 heavy (non-hydrogen) atoms. The maximum Gasteiger partial charge on any atom is 0.310 e. The molecule has 1 heterocycles. The number of nitrogens with zero attached hydrogens (tertiary/aromatic N) is 1. The molecule has 0 aromatic carbocycles. The number of rotatable bonds is 2. The molecule has 0 saturated heterocycles. The van der Waals surface area contributed by atoms with Crippen molar-refractivity contribution in [2.24, 2.45) is 0 Å². The van der Waals surface area contributed by atoms with Gasteiger partial charge in [-0.1, -0.05) is 11.6 Å². The summed E-state index contributed by atoms with van der Waals surface area (Å²) in [7, 11) is 1.35. The molecule has 0 aliphatic carbocycles. The molecule has 1 rings (SSSR count). The fourth-order valence-corrected chi connectivity index (χ4v) is 1.14. The molecule has 0 N–H and O–H groups in total. The van der Waals surface area contributed by atoms with E-state index < -0.39 is 0 Å². The summed E-state index contributed by atoms with van der Waals surface area (Å²) in [6.45, 7) is 1.79. The van der Waals surface area contributed by atoms with Gasteiger partial charge in [0.2, 0.25) is 0 Å². The van der Waals surface area contributed by atoms with Crippen molar-refractivity contribution in [3.63, 3.8) is 0 Å². The van der Waals surface area contributed by atoms with Crippen molar-refractivity contribution < 1.29 is 9.53 Å². The summed E-state index contributed by atoms with van der Waals surface area (Å²) in [4.78, 5) is 14.9. The lowest BCUT2D eigenvalue weighted by atomic mass is 10.2. The molecule has 0 spiro atoms. The van der Waals surface area contributed by atoms with E-state index in [4.69, 9.17) is 11.6 Å². The highest BCUT2D eigenvalue weighted by Crippen LogP contribution is 2.18. The van der Waals surface area contributed by atoms with Crippen LogP contribution in [0.4, 0.5) is 0 Å². The van der Waals surface area contributed by atoms with Gasteiger partial charge in [-0.3, -0.25) is 9.78 Å². The van der Waals surface area contributed by atoms with Crippen molar-refractivity contribution in [2.45, 2.75) is 13.3 Å². The smallest absolute Gasteiger partial charge is 0.310 e. The summed E-state index contributed by atoms with van der Waals surface area (Å²) in [6, 6.07) is 1.71. The maximum absolute atomic E-state index is 10.9. The zero-order valence-electron chi connectivity index (χ0n) is 7.50. The normalized spacial score (nSPS) is 9.77. The van der Waals surface area contributed by atoms with Gasteiger partial charge < -0.3 is 4.74 Å². The highest BCUT2D eigenvalue weighted by molar-refractivity contribution is 6.32. The molecule has 0 saturated carbocycles. The third-order valence-electron chi connectivity index (χ3n) is 1.71. The van der Waals surface area contributed by atoms with E-state index in [0.29, 0.717) is 5.02 Å². The Hall–Kier alpha value is -1.09. The van der Waals surface area contributed by atoms with Crippen LogP contribution in [0.15, 0.2) is 12.3 Å². The van der Waals surface area contributed by atoms with Crippen LogP contribution >= 0.6 is 11.6 Å². The van der Waals surface area contributed by atoms with E-state index in [9.17, 15) is 4.79 Å². The predicted octanol–water partition coefficient (Wildman–Crippen LogP) is 1.76. The van der Waals surface area contributed by atoms with E-state index in [1.54, 1.807) is 19.2 Å². The second-order valence-electron chi connectivity index (χ2n) is 2.62. The van der Waals surface area contributed by atoms with Crippen LogP contribution in [0.3, 0.4) is 0 Å². The SMILES string of the molecule is COC(=O)Cc1ccnc(C)c1Cl. The number of methoxy groups -OCH3 is 1. The number of carbonyl (C=O) groups is 1. The molecule has 0 atom stereocenters. The van der Waals surface area contributed by atoms with E-state index in [1.807, 2.05) is 0 Å². The molecule has 70 valence electrons. The Morgan fingerprint density at radius 3 is 3.00 bits per heavy atom. The number of aromatic nitrogens is 1. The molecular weight excluding hydrogens is 190 g/mol. The largest absolute Gasteiger partial charge is 0.469 e. The zero-order valence-corrected chi connectivity index (χ0v) is 8.26. The van der Waals surface area contributed by atoms with Crippen LogP contribution < -0.4 is 0 Å². The molecule has 0 bridgehead atoms. The summed E-state index contributed by atoms with van der Waals surface area (Å²) in [5.74, 6) is -0.299. The Kier molecular flexibility index (Phi) is 3.25. The molecular formula is C9H10ClNO2. The first-order valence-corrected chi connectivity index (χ1v) is 4.19. The van der Waals surface area contributed by atoms with Gasteiger partial charge in [0, 0.05) is 6.20 Å². The zero-order chi connectivity index (χ0) is 9.84. The average Bonchev–Trinajstić information content (AvgIpc) is 2.13. The number of aryl methyl sites for hydroxylation is 1. The van der Waals surface area contributed by atoms with Crippen molar-refractivity contribution >= 4 is 17.6 Å². The van der Waals surface area contributed by atoms with Crippen molar-refractivity contribution in [3.8, 4) is 0 Å². The van der Waals surface area contributed by atoms with Crippen molar-refractivity contribution in [2.75, 3.05) is 7.11 Å². The lowest BCUT2D eigenvalue weighted by Gasteiger charge is -2.03. The third kappa shape index (κ3) is 2.42. The summed E-state index contributed by atoms with van der Waals surface area (Å²) in [5, 5.41) is 0.535. The molecule has 0 aliphatic rings. The van der Waals surface area contributed by atoms with Crippen molar-refractivity contribution in [1.82, 2.24) is 4.98 Å². The predicted molar refractivity (Wildman–Crippen MR) is 49.7 cm³/mol. The number of hydrogen-bond acceptors (Lipinski definition) is 3. The highest BCUT2D eigenvalue weighted by Gasteiger charge is 2.08. The van der Waals surface area contributed by atoms with Crippen LogP contribution in [-0.2, 0) is 16.0 Å². The monoisotopic (exact) mass is 199 g/mol. The number of esters is 1. The minimum atomic E-state index is -0.299. The summed E-state index contributed by atoms with van der Waals surface area (Å²) < 4.78 is 4.53. The molecule has 0 unspecified atom stereocenters. The van der Waals surface area contributed by atoms with Gasteiger partial charge in [-0.15, -0.1) is 0 Å². The van der Waals surface area contributed by atoms with Crippen LogP contribution in [0, 0.1) is 6.92 Å². The fraction of sp³-hybridized carbons (Fsp3) is 0.333. The molecule has 0 amide bonds. The quantitative estimate of drug-likeness (QED) is 0.682. The topological polar surface area (TPSA) is 39.2 Å². The number of carbonyl (C=O) groups excluding carboxylic acids is 1. The van der Waals surface area contributed by atoms with Gasteiger partial charge in [0.15, 0.2) is 0 Å².